The Morgan fingerprint density at radius 1 is 1.11 bits per heavy atom. The Bertz CT molecular complexity index is 467. The molecular weight excluding hydrogens is 224 g/mol. The third-order valence-corrected chi connectivity index (χ3v) is 2.73. The average molecular weight is 242 g/mol. The molecule has 0 fully saturated rings. The summed E-state index contributed by atoms with van der Waals surface area (Å²) in [6, 6.07) is 14.2. The summed E-state index contributed by atoms with van der Waals surface area (Å²) in [5, 5.41) is 11.7. The number of nitrogens with one attached hydrogen (secondary N) is 1. The zero-order chi connectivity index (χ0) is 12.8. The highest BCUT2D eigenvalue weighted by Crippen LogP contribution is 2.16. The van der Waals surface area contributed by atoms with Crippen LogP contribution in [0.1, 0.15) is 13.3 Å². The van der Waals surface area contributed by atoms with E-state index >= 15 is 0 Å². The molecule has 3 N–H and O–H groups in total. The van der Waals surface area contributed by atoms with E-state index in [0.29, 0.717) is 12.6 Å². The predicted molar refractivity (Wildman–Crippen MR) is 74.2 cm³/mol. The van der Waals surface area contributed by atoms with Crippen LogP contribution in [0.25, 0.3) is 11.3 Å². The molecule has 1 heterocycles. The maximum absolute atomic E-state index is 5.51. The van der Waals surface area contributed by atoms with Crippen LogP contribution in [0.5, 0.6) is 0 Å². The largest absolute Gasteiger partial charge is 0.366 e. The van der Waals surface area contributed by atoms with Crippen LogP contribution in [0.3, 0.4) is 0 Å². The SMILES string of the molecule is CC(CCN)Nc1ccc(-c2ccccc2)nn1. The number of hydrogen-bond acceptors (Lipinski definition) is 4. The topological polar surface area (TPSA) is 63.8 Å². The van der Waals surface area contributed by atoms with Gasteiger partial charge in [0.25, 0.3) is 0 Å². The van der Waals surface area contributed by atoms with Crippen molar-refractivity contribution in [3.05, 3.63) is 42.5 Å². The van der Waals surface area contributed by atoms with Crippen molar-refractivity contribution in [3.63, 3.8) is 0 Å². The van der Waals surface area contributed by atoms with Crippen molar-refractivity contribution in [2.24, 2.45) is 5.73 Å². The second-order valence-corrected chi connectivity index (χ2v) is 4.29. The number of benzene rings is 1. The van der Waals surface area contributed by atoms with E-state index in [2.05, 4.69) is 22.4 Å². The van der Waals surface area contributed by atoms with Crippen LogP contribution in [0.2, 0.25) is 0 Å². The number of nitrogens with two attached hydrogens (primary N) is 1. The van der Waals surface area contributed by atoms with Gasteiger partial charge in [0.2, 0.25) is 0 Å². The summed E-state index contributed by atoms with van der Waals surface area (Å²) in [7, 11) is 0. The first-order chi connectivity index (χ1) is 8.79. The van der Waals surface area contributed by atoms with Crippen molar-refractivity contribution in [2.45, 2.75) is 19.4 Å². The first-order valence-corrected chi connectivity index (χ1v) is 6.15. The molecule has 4 heteroatoms. The third-order valence-electron chi connectivity index (χ3n) is 2.73. The van der Waals surface area contributed by atoms with Crippen LogP contribution in [0.4, 0.5) is 5.82 Å². The Labute approximate surface area is 107 Å². The van der Waals surface area contributed by atoms with Gasteiger partial charge in [-0.3, -0.25) is 0 Å². The molecule has 1 aromatic heterocycles. The van der Waals surface area contributed by atoms with Gasteiger partial charge in [0, 0.05) is 11.6 Å². The van der Waals surface area contributed by atoms with E-state index in [4.69, 9.17) is 5.73 Å². The highest BCUT2D eigenvalue weighted by molar-refractivity contribution is 5.59. The molecule has 0 aliphatic carbocycles. The lowest BCUT2D eigenvalue weighted by atomic mass is 10.1. The molecule has 2 rings (SSSR count). The van der Waals surface area contributed by atoms with Crippen LogP contribution in [-0.4, -0.2) is 22.8 Å². The van der Waals surface area contributed by atoms with E-state index in [1.807, 2.05) is 42.5 Å². The van der Waals surface area contributed by atoms with Crippen LogP contribution < -0.4 is 11.1 Å². The van der Waals surface area contributed by atoms with E-state index in [-0.39, 0.29) is 0 Å². The molecule has 0 saturated carbocycles. The lowest BCUT2D eigenvalue weighted by Crippen LogP contribution is -2.20. The maximum atomic E-state index is 5.51. The molecule has 2 aromatic rings. The van der Waals surface area contributed by atoms with Crippen LogP contribution >= 0.6 is 0 Å². The van der Waals surface area contributed by atoms with Gasteiger partial charge < -0.3 is 11.1 Å². The van der Waals surface area contributed by atoms with Crippen LogP contribution in [0, 0.1) is 0 Å². The zero-order valence-corrected chi connectivity index (χ0v) is 10.5. The molecule has 1 aromatic carbocycles. The molecule has 0 aliphatic rings. The molecule has 0 aliphatic heterocycles. The Morgan fingerprint density at radius 2 is 1.89 bits per heavy atom. The second kappa shape index (κ2) is 6.12. The normalized spacial score (nSPS) is 12.1. The van der Waals surface area contributed by atoms with Gasteiger partial charge in [0.1, 0.15) is 5.82 Å². The number of rotatable bonds is 5. The molecule has 0 amide bonds. The lowest BCUT2D eigenvalue weighted by molar-refractivity contribution is 0.711. The number of anilines is 1. The summed E-state index contributed by atoms with van der Waals surface area (Å²) >= 11 is 0. The van der Waals surface area contributed by atoms with Crippen molar-refractivity contribution < 1.29 is 0 Å². The minimum absolute atomic E-state index is 0.312. The smallest absolute Gasteiger partial charge is 0.148 e. The summed E-state index contributed by atoms with van der Waals surface area (Å²) in [6.07, 6.45) is 0.919. The fraction of sp³-hybridized carbons (Fsp3) is 0.286. The van der Waals surface area contributed by atoms with Crippen molar-refractivity contribution >= 4 is 5.82 Å². The van der Waals surface area contributed by atoms with E-state index in [1.54, 1.807) is 0 Å². The minimum Gasteiger partial charge on any atom is -0.366 e. The minimum atomic E-state index is 0.312. The van der Waals surface area contributed by atoms with E-state index in [1.165, 1.54) is 0 Å². The maximum Gasteiger partial charge on any atom is 0.148 e. The van der Waals surface area contributed by atoms with Gasteiger partial charge in [-0.15, -0.1) is 10.2 Å². The van der Waals surface area contributed by atoms with Gasteiger partial charge in [0.05, 0.1) is 5.69 Å². The van der Waals surface area contributed by atoms with Gasteiger partial charge >= 0.3 is 0 Å². The molecule has 94 valence electrons. The molecule has 18 heavy (non-hydrogen) atoms. The van der Waals surface area contributed by atoms with Crippen LogP contribution in [0.15, 0.2) is 42.5 Å². The summed E-state index contributed by atoms with van der Waals surface area (Å²) < 4.78 is 0. The standard InChI is InChI=1S/C14H18N4/c1-11(9-10-15)16-14-8-7-13(17-18-14)12-5-3-2-4-6-12/h2-8,11H,9-10,15H2,1H3,(H,16,18). The number of hydrogen-bond donors (Lipinski definition) is 2. The van der Waals surface area contributed by atoms with E-state index in [9.17, 15) is 0 Å². The molecule has 4 nitrogen and oxygen atoms in total. The fourth-order valence-electron chi connectivity index (χ4n) is 1.75. The van der Waals surface area contributed by atoms with Crippen molar-refractivity contribution in [1.29, 1.82) is 0 Å². The van der Waals surface area contributed by atoms with E-state index < -0.39 is 0 Å². The highest BCUT2D eigenvalue weighted by Gasteiger charge is 2.03. The Kier molecular flexibility index (Phi) is 4.25. The highest BCUT2D eigenvalue weighted by atomic mass is 15.2. The molecule has 0 radical (unpaired) electrons. The first-order valence-electron chi connectivity index (χ1n) is 6.15. The summed E-state index contributed by atoms with van der Waals surface area (Å²) in [5.74, 6) is 0.788. The number of aromatic nitrogens is 2. The monoisotopic (exact) mass is 242 g/mol. The molecule has 0 spiro atoms. The summed E-state index contributed by atoms with van der Waals surface area (Å²) in [4.78, 5) is 0. The quantitative estimate of drug-likeness (QED) is 0.844. The first kappa shape index (κ1) is 12.5. The third kappa shape index (κ3) is 3.28. The van der Waals surface area contributed by atoms with Crippen molar-refractivity contribution in [3.8, 4) is 11.3 Å². The van der Waals surface area contributed by atoms with Gasteiger partial charge in [-0.2, -0.15) is 0 Å². The Hall–Kier alpha value is -1.94. The van der Waals surface area contributed by atoms with Crippen molar-refractivity contribution in [2.75, 3.05) is 11.9 Å². The molecular formula is C14H18N4. The van der Waals surface area contributed by atoms with Gasteiger partial charge in [-0.05, 0) is 32.0 Å². The molecule has 1 atom stereocenters. The molecule has 1 unspecified atom stereocenters. The number of nitrogens with zero attached hydrogens (tertiary/aromatic N) is 2. The lowest BCUT2D eigenvalue weighted by Gasteiger charge is -2.12. The van der Waals surface area contributed by atoms with Gasteiger partial charge in [-0.1, -0.05) is 30.3 Å². The zero-order valence-electron chi connectivity index (χ0n) is 10.5. The van der Waals surface area contributed by atoms with Gasteiger partial charge in [0.15, 0.2) is 0 Å². The Morgan fingerprint density at radius 3 is 2.50 bits per heavy atom. The fourth-order valence-corrected chi connectivity index (χ4v) is 1.75. The van der Waals surface area contributed by atoms with E-state index in [0.717, 1.165) is 23.5 Å². The van der Waals surface area contributed by atoms with Gasteiger partial charge in [-0.25, -0.2) is 0 Å². The summed E-state index contributed by atoms with van der Waals surface area (Å²) in [6.45, 7) is 2.75. The molecule has 0 saturated heterocycles. The summed E-state index contributed by atoms with van der Waals surface area (Å²) in [5.41, 5.74) is 7.46. The molecule has 0 bridgehead atoms. The van der Waals surface area contributed by atoms with Crippen molar-refractivity contribution in [1.82, 2.24) is 10.2 Å². The van der Waals surface area contributed by atoms with Crippen LogP contribution in [-0.2, 0) is 0 Å². The Balaban J connectivity index is 2.06. The second-order valence-electron chi connectivity index (χ2n) is 4.29. The predicted octanol–water partition coefficient (Wildman–Crippen LogP) is 2.29. The average Bonchev–Trinajstić information content (AvgIpc) is 2.41.